The van der Waals surface area contributed by atoms with E-state index in [0.717, 1.165) is 28.3 Å². The molecule has 0 unspecified atom stereocenters. The number of benzene rings is 2. The van der Waals surface area contributed by atoms with E-state index in [4.69, 9.17) is 21.1 Å². The summed E-state index contributed by atoms with van der Waals surface area (Å²) in [6.45, 7) is 1.41. The highest BCUT2D eigenvalue weighted by Crippen LogP contribution is 2.23. The Kier molecular flexibility index (Phi) is 5.92. The summed E-state index contributed by atoms with van der Waals surface area (Å²) in [5, 5.41) is 8.19. The van der Waals surface area contributed by atoms with Gasteiger partial charge in [-0.3, -0.25) is 0 Å². The molecule has 0 fully saturated rings. The lowest BCUT2D eigenvalue weighted by molar-refractivity contribution is 0.414. The van der Waals surface area contributed by atoms with Crippen LogP contribution in [0.25, 0.3) is 0 Å². The van der Waals surface area contributed by atoms with E-state index in [-0.39, 0.29) is 0 Å². The third-order valence-electron chi connectivity index (χ3n) is 4.04. The van der Waals surface area contributed by atoms with Gasteiger partial charge in [-0.15, -0.1) is 5.10 Å². The van der Waals surface area contributed by atoms with Crippen molar-refractivity contribution in [2.45, 2.75) is 13.1 Å². The molecule has 5 nitrogen and oxygen atoms in total. The summed E-state index contributed by atoms with van der Waals surface area (Å²) in [7, 11) is 3.32. The zero-order valence-electron chi connectivity index (χ0n) is 14.7. The monoisotopic (exact) mass is 369 g/mol. The number of aromatic nitrogens is 2. The Labute approximate surface area is 158 Å². The molecule has 0 saturated heterocycles. The zero-order valence-corrected chi connectivity index (χ0v) is 15.5. The first kappa shape index (κ1) is 18.0. The molecule has 3 rings (SSSR count). The van der Waals surface area contributed by atoms with Crippen molar-refractivity contribution >= 4 is 17.3 Å². The van der Waals surface area contributed by atoms with E-state index in [2.05, 4.69) is 39.4 Å². The molecule has 0 atom stereocenters. The van der Waals surface area contributed by atoms with Gasteiger partial charge in [0.15, 0.2) is 5.15 Å². The van der Waals surface area contributed by atoms with Gasteiger partial charge >= 0.3 is 0 Å². The van der Waals surface area contributed by atoms with Crippen LogP contribution in [0, 0.1) is 0 Å². The van der Waals surface area contributed by atoms with Crippen molar-refractivity contribution in [1.82, 2.24) is 10.2 Å². The van der Waals surface area contributed by atoms with E-state index < -0.39 is 0 Å². The van der Waals surface area contributed by atoms with Gasteiger partial charge in [-0.1, -0.05) is 35.9 Å². The smallest absolute Gasteiger partial charge is 0.153 e. The fourth-order valence-corrected chi connectivity index (χ4v) is 2.80. The lowest BCUT2D eigenvalue weighted by atomic mass is 10.1. The minimum Gasteiger partial charge on any atom is -0.497 e. The van der Waals surface area contributed by atoms with Crippen LogP contribution in [0.5, 0.6) is 11.5 Å². The molecule has 0 aliphatic rings. The van der Waals surface area contributed by atoms with Crippen LogP contribution >= 0.6 is 11.6 Å². The van der Waals surface area contributed by atoms with Gasteiger partial charge in [0.05, 0.1) is 26.1 Å². The highest BCUT2D eigenvalue weighted by atomic mass is 35.5. The molecule has 0 saturated carbocycles. The third kappa shape index (κ3) is 4.64. The molecule has 1 aromatic heterocycles. The van der Waals surface area contributed by atoms with Crippen molar-refractivity contribution in [3.05, 3.63) is 77.1 Å². The van der Waals surface area contributed by atoms with Crippen molar-refractivity contribution in [1.29, 1.82) is 0 Å². The normalized spacial score (nSPS) is 10.4. The van der Waals surface area contributed by atoms with Crippen molar-refractivity contribution in [2.24, 2.45) is 0 Å². The van der Waals surface area contributed by atoms with Crippen LogP contribution in [-0.2, 0) is 13.1 Å². The number of anilines is 1. The molecule has 6 heteroatoms. The first-order valence-corrected chi connectivity index (χ1v) is 8.55. The molecule has 0 aliphatic carbocycles. The van der Waals surface area contributed by atoms with Gasteiger partial charge in [0.1, 0.15) is 11.5 Å². The summed E-state index contributed by atoms with van der Waals surface area (Å²) in [5.74, 6) is 1.67. The fourth-order valence-electron chi connectivity index (χ4n) is 2.65. The average molecular weight is 370 g/mol. The maximum atomic E-state index is 6.04. The number of ether oxygens (including phenoxy) is 2. The van der Waals surface area contributed by atoms with Gasteiger partial charge in [0.25, 0.3) is 0 Å². The highest BCUT2D eigenvalue weighted by molar-refractivity contribution is 6.29. The second kappa shape index (κ2) is 8.54. The first-order chi connectivity index (χ1) is 12.7. The molecule has 26 heavy (non-hydrogen) atoms. The Morgan fingerprint density at radius 1 is 0.846 bits per heavy atom. The van der Waals surface area contributed by atoms with E-state index >= 15 is 0 Å². The van der Waals surface area contributed by atoms with Crippen molar-refractivity contribution in [3.8, 4) is 11.5 Å². The second-order valence-electron chi connectivity index (χ2n) is 5.79. The fraction of sp³-hybridized carbons (Fsp3) is 0.200. The molecule has 0 N–H and O–H groups in total. The molecule has 2 aromatic carbocycles. The van der Waals surface area contributed by atoms with Crippen LogP contribution in [0.4, 0.5) is 5.69 Å². The lowest BCUT2D eigenvalue weighted by Crippen LogP contribution is -2.22. The van der Waals surface area contributed by atoms with E-state index in [0.29, 0.717) is 18.2 Å². The lowest BCUT2D eigenvalue weighted by Gasteiger charge is -2.25. The minimum atomic E-state index is 0.372. The average Bonchev–Trinajstić information content (AvgIpc) is 2.68. The zero-order chi connectivity index (χ0) is 18.4. The molecule has 134 valence electrons. The van der Waals surface area contributed by atoms with Crippen LogP contribution in [0.1, 0.15) is 11.1 Å². The highest BCUT2D eigenvalue weighted by Gasteiger charge is 2.11. The van der Waals surface area contributed by atoms with Gasteiger partial charge in [-0.05, 0) is 35.4 Å². The van der Waals surface area contributed by atoms with Gasteiger partial charge in [0.2, 0.25) is 0 Å². The number of halogens is 1. The van der Waals surface area contributed by atoms with Crippen molar-refractivity contribution < 1.29 is 9.47 Å². The Hall–Kier alpha value is -2.79. The number of rotatable bonds is 7. The van der Waals surface area contributed by atoms with Gasteiger partial charge in [-0.25, -0.2) is 0 Å². The van der Waals surface area contributed by atoms with E-state index in [1.165, 1.54) is 0 Å². The minimum absolute atomic E-state index is 0.372. The van der Waals surface area contributed by atoms with Gasteiger partial charge in [0, 0.05) is 19.2 Å². The molecular formula is C20H20ClN3O2. The van der Waals surface area contributed by atoms with Crippen LogP contribution in [0.2, 0.25) is 5.15 Å². The largest absolute Gasteiger partial charge is 0.497 e. The number of hydrogen-bond acceptors (Lipinski definition) is 5. The number of hydrogen-bond donors (Lipinski definition) is 0. The van der Waals surface area contributed by atoms with Crippen LogP contribution < -0.4 is 14.4 Å². The molecule has 0 amide bonds. The second-order valence-corrected chi connectivity index (χ2v) is 6.18. The standard InChI is InChI=1S/C20H20ClN3O2/c1-25-18-7-3-15(4-8-18)13-24(17-11-20(21)23-22-12-17)14-16-5-9-19(26-2)10-6-16/h3-12H,13-14H2,1-2H3. The Morgan fingerprint density at radius 3 is 1.77 bits per heavy atom. The molecule has 0 aliphatic heterocycles. The van der Waals surface area contributed by atoms with Crippen molar-refractivity contribution in [2.75, 3.05) is 19.1 Å². The molecule has 3 aromatic rings. The SMILES string of the molecule is COc1ccc(CN(Cc2ccc(OC)cc2)c2cnnc(Cl)c2)cc1. The van der Waals surface area contributed by atoms with Crippen LogP contribution in [0.3, 0.4) is 0 Å². The topological polar surface area (TPSA) is 47.5 Å². The molecule has 0 spiro atoms. The summed E-state index contributed by atoms with van der Waals surface area (Å²) in [6.07, 6.45) is 1.72. The number of methoxy groups -OCH3 is 2. The maximum Gasteiger partial charge on any atom is 0.153 e. The predicted octanol–water partition coefficient (Wildman–Crippen LogP) is 4.35. The van der Waals surface area contributed by atoms with Crippen molar-refractivity contribution in [3.63, 3.8) is 0 Å². The van der Waals surface area contributed by atoms with Crippen LogP contribution in [-0.4, -0.2) is 24.4 Å². The summed E-state index contributed by atoms with van der Waals surface area (Å²) >= 11 is 6.04. The number of nitrogens with zero attached hydrogens (tertiary/aromatic N) is 3. The quantitative estimate of drug-likeness (QED) is 0.619. The predicted molar refractivity (Wildman–Crippen MR) is 103 cm³/mol. The van der Waals surface area contributed by atoms with Gasteiger partial charge < -0.3 is 14.4 Å². The summed E-state index contributed by atoms with van der Waals surface area (Å²) in [4.78, 5) is 2.20. The molecule has 1 heterocycles. The Balaban J connectivity index is 1.84. The molecule has 0 radical (unpaired) electrons. The Morgan fingerprint density at radius 2 is 1.35 bits per heavy atom. The Bertz CT molecular complexity index is 789. The summed E-state index contributed by atoms with van der Waals surface area (Å²) < 4.78 is 10.5. The van der Waals surface area contributed by atoms with E-state index in [9.17, 15) is 0 Å². The van der Waals surface area contributed by atoms with Crippen LogP contribution in [0.15, 0.2) is 60.8 Å². The van der Waals surface area contributed by atoms with E-state index in [1.54, 1.807) is 20.4 Å². The summed E-state index contributed by atoms with van der Waals surface area (Å²) in [6, 6.07) is 17.9. The molecule has 0 bridgehead atoms. The van der Waals surface area contributed by atoms with Gasteiger partial charge in [-0.2, -0.15) is 5.10 Å². The third-order valence-corrected chi connectivity index (χ3v) is 4.23. The maximum absolute atomic E-state index is 6.04. The van der Waals surface area contributed by atoms with E-state index in [1.807, 2.05) is 30.3 Å². The summed E-state index contributed by atoms with van der Waals surface area (Å²) in [5.41, 5.74) is 3.23. The first-order valence-electron chi connectivity index (χ1n) is 8.17. The molecular weight excluding hydrogens is 350 g/mol.